The van der Waals surface area contributed by atoms with Crippen LogP contribution in [0.3, 0.4) is 0 Å². The smallest absolute Gasteiger partial charge is 0.242 e. The first kappa shape index (κ1) is 13.9. The van der Waals surface area contributed by atoms with Crippen molar-refractivity contribution in [3.8, 4) is 0 Å². The normalized spacial score (nSPS) is 30.4. The molecule has 2 saturated heterocycles. The van der Waals surface area contributed by atoms with E-state index in [4.69, 9.17) is 4.74 Å². The summed E-state index contributed by atoms with van der Waals surface area (Å²) in [5.74, 6) is -0.0130. The highest BCUT2D eigenvalue weighted by molar-refractivity contribution is 5.87. The second-order valence-electron chi connectivity index (χ2n) is 6.39. The molecule has 2 aliphatic heterocycles. The van der Waals surface area contributed by atoms with Crippen LogP contribution < -0.4 is 5.32 Å². The van der Waals surface area contributed by atoms with Gasteiger partial charge < -0.3 is 15.0 Å². The molecule has 3 aliphatic rings. The predicted octanol–water partition coefficient (Wildman–Crippen LogP) is 1.22. The molecule has 2 heterocycles. The Kier molecular flexibility index (Phi) is 3.96. The zero-order valence-electron chi connectivity index (χ0n) is 12.0. The molecule has 3 fully saturated rings. The van der Waals surface area contributed by atoms with E-state index in [1.54, 1.807) is 4.90 Å². The lowest BCUT2D eigenvalue weighted by Gasteiger charge is -2.34. The molecule has 1 atom stereocenters. The van der Waals surface area contributed by atoms with Crippen LogP contribution in [0.25, 0.3) is 0 Å². The molecule has 1 spiro atoms. The number of amides is 2. The van der Waals surface area contributed by atoms with Gasteiger partial charge in [0.1, 0.15) is 0 Å². The fourth-order valence-corrected chi connectivity index (χ4v) is 3.76. The maximum Gasteiger partial charge on any atom is 0.242 e. The van der Waals surface area contributed by atoms with Gasteiger partial charge in [-0.2, -0.15) is 0 Å². The molecule has 5 heteroatoms. The average molecular weight is 280 g/mol. The second kappa shape index (κ2) is 5.72. The largest absolute Gasteiger partial charge is 0.370 e. The van der Waals surface area contributed by atoms with Gasteiger partial charge in [-0.1, -0.05) is 19.3 Å². The molecule has 1 unspecified atom stereocenters. The molecule has 0 aromatic rings. The predicted molar refractivity (Wildman–Crippen MR) is 74.1 cm³/mol. The molecule has 20 heavy (non-hydrogen) atoms. The number of nitrogens with one attached hydrogen (secondary N) is 1. The van der Waals surface area contributed by atoms with Crippen molar-refractivity contribution in [1.29, 1.82) is 0 Å². The first-order chi connectivity index (χ1) is 9.67. The Morgan fingerprint density at radius 2 is 2.00 bits per heavy atom. The minimum atomic E-state index is -0.0306. The Bertz CT molecular complexity index is 391. The first-order valence-corrected chi connectivity index (χ1v) is 7.89. The van der Waals surface area contributed by atoms with Crippen LogP contribution in [0.2, 0.25) is 0 Å². The highest BCUT2D eigenvalue weighted by Crippen LogP contribution is 2.42. The molecule has 1 saturated carbocycles. The molecular weight excluding hydrogens is 256 g/mol. The van der Waals surface area contributed by atoms with Gasteiger partial charge in [0.05, 0.1) is 18.2 Å². The van der Waals surface area contributed by atoms with Crippen LogP contribution >= 0.6 is 0 Å². The van der Waals surface area contributed by atoms with E-state index in [1.807, 2.05) is 0 Å². The van der Waals surface area contributed by atoms with Gasteiger partial charge in [-0.15, -0.1) is 0 Å². The van der Waals surface area contributed by atoms with Crippen molar-refractivity contribution < 1.29 is 14.3 Å². The minimum absolute atomic E-state index is 0.0176. The lowest BCUT2D eigenvalue weighted by atomic mass is 9.83. The molecule has 0 bridgehead atoms. The molecule has 2 amide bonds. The van der Waals surface area contributed by atoms with Crippen molar-refractivity contribution in [3.63, 3.8) is 0 Å². The van der Waals surface area contributed by atoms with E-state index >= 15 is 0 Å². The summed E-state index contributed by atoms with van der Waals surface area (Å²) in [7, 11) is 0. The van der Waals surface area contributed by atoms with Crippen molar-refractivity contribution >= 4 is 11.8 Å². The van der Waals surface area contributed by atoms with Crippen LogP contribution in [0.1, 0.15) is 51.4 Å². The fourth-order valence-electron chi connectivity index (χ4n) is 3.76. The minimum Gasteiger partial charge on any atom is -0.370 e. The lowest BCUT2D eigenvalue weighted by molar-refractivity contribution is -0.133. The number of carbonyl (C=O) groups excluding carboxylic acids is 2. The Morgan fingerprint density at radius 1 is 1.20 bits per heavy atom. The molecule has 3 rings (SSSR count). The number of hydrogen-bond acceptors (Lipinski definition) is 3. The summed E-state index contributed by atoms with van der Waals surface area (Å²) in [6.07, 6.45) is 8.97. The van der Waals surface area contributed by atoms with Crippen molar-refractivity contribution in [2.45, 2.75) is 63.1 Å². The SMILES string of the molecule is O=C1CCN(CC2CCC3(CCCCC3)O2)C(=O)CN1. The van der Waals surface area contributed by atoms with Crippen LogP contribution in [-0.2, 0) is 14.3 Å². The maximum atomic E-state index is 12.0. The Labute approximate surface area is 120 Å². The van der Waals surface area contributed by atoms with Gasteiger partial charge in [-0.05, 0) is 25.7 Å². The monoisotopic (exact) mass is 280 g/mol. The lowest BCUT2D eigenvalue weighted by Crippen LogP contribution is -2.41. The summed E-state index contributed by atoms with van der Waals surface area (Å²) in [4.78, 5) is 25.1. The van der Waals surface area contributed by atoms with Gasteiger partial charge in [0.15, 0.2) is 0 Å². The number of hydrogen-bond donors (Lipinski definition) is 1. The van der Waals surface area contributed by atoms with Crippen LogP contribution in [0.5, 0.6) is 0 Å². The number of nitrogens with zero attached hydrogens (tertiary/aromatic N) is 1. The summed E-state index contributed by atoms with van der Waals surface area (Å²) < 4.78 is 6.31. The van der Waals surface area contributed by atoms with Gasteiger partial charge in [-0.3, -0.25) is 9.59 Å². The fraction of sp³-hybridized carbons (Fsp3) is 0.867. The van der Waals surface area contributed by atoms with Gasteiger partial charge in [-0.25, -0.2) is 0 Å². The zero-order valence-corrected chi connectivity index (χ0v) is 12.0. The van der Waals surface area contributed by atoms with E-state index in [0.717, 1.165) is 12.8 Å². The molecule has 5 nitrogen and oxygen atoms in total. The third-order valence-corrected chi connectivity index (χ3v) is 4.93. The van der Waals surface area contributed by atoms with E-state index < -0.39 is 0 Å². The van der Waals surface area contributed by atoms with Crippen molar-refractivity contribution in [2.24, 2.45) is 0 Å². The van der Waals surface area contributed by atoms with Crippen LogP contribution in [-0.4, -0.2) is 48.1 Å². The molecule has 0 aromatic carbocycles. The highest BCUT2D eigenvalue weighted by atomic mass is 16.5. The highest BCUT2D eigenvalue weighted by Gasteiger charge is 2.41. The third-order valence-electron chi connectivity index (χ3n) is 4.93. The molecule has 0 radical (unpaired) electrons. The van der Waals surface area contributed by atoms with Gasteiger partial charge >= 0.3 is 0 Å². The summed E-state index contributed by atoms with van der Waals surface area (Å²) in [6.45, 7) is 1.31. The number of ether oxygens (including phenoxy) is 1. The standard InChI is InChI=1S/C15H24N2O3/c18-13-5-9-17(14(19)10-16-13)11-12-4-8-15(20-12)6-2-1-3-7-15/h12H,1-11H2,(H,16,18). The number of carbonyl (C=O) groups is 2. The van der Waals surface area contributed by atoms with Gasteiger partial charge in [0, 0.05) is 19.5 Å². The molecular formula is C15H24N2O3. The van der Waals surface area contributed by atoms with Crippen molar-refractivity contribution in [2.75, 3.05) is 19.6 Å². The van der Waals surface area contributed by atoms with E-state index in [9.17, 15) is 9.59 Å². The summed E-state index contributed by atoms with van der Waals surface area (Å²) in [6, 6.07) is 0. The van der Waals surface area contributed by atoms with Crippen LogP contribution in [0, 0.1) is 0 Å². The van der Waals surface area contributed by atoms with Crippen LogP contribution in [0.15, 0.2) is 0 Å². The van der Waals surface area contributed by atoms with E-state index in [2.05, 4.69) is 5.32 Å². The number of rotatable bonds is 2. The molecule has 112 valence electrons. The topological polar surface area (TPSA) is 58.6 Å². The Morgan fingerprint density at radius 3 is 2.80 bits per heavy atom. The quantitative estimate of drug-likeness (QED) is 0.827. The average Bonchev–Trinajstić information content (AvgIpc) is 2.76. The molecule has 0 aromatic heterocycles. The first-order valence-electron chi connectivity index (χ1n) is 7.89. The van der Waals surface area contributed by atoms with E-state index in [1.165, 1.54) is 32.1 Å². The van der Waals surface area contributed by atoms with E-state index in [-0.39, 0.29) is 30.1 Å². The Balaban J connectivity index is 1.55. The van der Waals surface area contributed by atoms with Crippen molar-refractivity contribution in [1.82, 2.24) is 10.2 Å². The van der Waals surface area contributed by atoms with Gasteiger partial charge in [0.2, 0.25) is 11.8 Å². The third kappa shape index (κ3) is 2.97. The molecule has 1 aliphatic carbocycles. The summed E-state index contributed by atoms with van der Waals surface area (Å²) >= 11 is 0. The van der Waals surface area contributed by atoms with Crippen LogP contribution in [0.4, 0.5) is 0 Å². The van der Waals surface area contributed by atoms with Gasteiger partial charge in [0.25, 0.3) is 0 Å². The molecule has 1 N–H and O–H groups in total. The zero-order chi connectivity index (χ0) is 14.0. The van der Waals surface area contributed by atoms with Crippen molar-refractivity contribution in [3.05, 3.63) is 0 Å². The summed E-state index contributed by atoms with van der Waals surface area (Å²) in [5, 5.41) is 2.64. The maximum absolute atomic E-state index is 12.0. The summed E-state index contributed by atoms with van der Waals surface area (Å²) in [5.41, 5.74) is 0.103. The Hall–Kier alpha value is -1.10. The van der Waals surface area contributed by atoms with E-state index in [0.29, 0.717) is 19.5 Å². The second-order valence-corrected chi connectivity index (χ2v) is 6.39.